The molecule has 0 amide bonds. The molecule has 3 aliphatic carbocycles. The number of ether oxygens (including phenoxy) is 2. The molecule has 0 spiro atoms. The van der Waals surface area contributed by atoms with Gasteiger partial charge in [0.25, 0.3) is 0 Å². The summed E-state index contributed by atoms with van der Waals surface area (Å²) in [5.41, 5.74) is 2.80. The van der Waals surface area contributed by atoms with Gasteiger partial charge in [-0.1, -0.05) is 19.9 Å². The van der Waals surface area contributed by atoms with Gasteiger partial charge < -0.3 is 14.6 Å². The van der Waals surface area contributed by atoms with E-state index in [9.17, 15) is 9.90 Å². The van der Waals surface area contributed by atoms with Crippen molar-refractivity contribution in [1.29, 1.82) is 0 Å². The Morgan fingerprint density at radius 2 is 2.12 bits per heavy atom. The van der Waals surface area contributed by atoms with Crippen LogP contribution in [0.5, 0.6) is 5.75 Å². The third-order valence-corrected chi connectivity index (χ3v) is 7.47. The Morgan fingerprint density at radius 3 is 2.88 bits per heavy atom. The van der Waals surface area contributed by atoms with Crippen LogP contribution in [-0.4, -0.2) is 24.0 Å². The van der Waals surface area contributed by atoms with E-state index < -0.39 is 6.16 Å². The Balaban J connectivity index is 1.60. The first-order chi connectivity index (χ1) is 12.4. The van der Waals surface area contributed by atoms with Crippen LogP contribution in [0.25, 0.3) is 0 Å². The molecule has 0 aliphatic heterocycles. The van der Waals surface area contributed by atoms with Crippen molar-refractivity contribution in [3.63, 3.8) is 0 Å². The Bertz CT molecular complexity index is 699. The summed E-state index contributed by atoms with van der Waals surface area (Å²) >= 11 is 0. The molecule has 4 rings (SSSR count). The largest absolute Gasteiger partial charge is 0.508 e. The van der Waals surface area contributed by atoms with Gasteiger partial charge in [0.1, 0.15) is 11.9 Å². The summed E-state index contributed by atoms with van der Waals surface area (Å²) in [5, 5.41) is 9.86. The number of benzene rings is 1. The molecule has 2 fully saturated rings. The van der Waals surface area contributed by atoms with Crippen molar-refractivity contribution in [2.24, 2.45) is 23.2 Å². The third kappa shape index (κ3) is 2.69. The van der Waals surface area contributed by atoms with Gasteiger partial charge in [0.2, 0.25) is 0 Å². The van der Waals surface area contributed by atoms with E-state index in [2.05, 4.69) is 19.9 Å². The summed E-state index contributed by atoms with van der Waals surface area (Å²) < 4.78 is 10.8. The van der Waals surface area contributed by atoms with Crippen LogP contribution in [0.4, 0.5) is 4.79 Å². The van der Waals surface area contributed by atoms with Gasteiger partial charge in [-0.25, -0.2) is 4.79 Å². The third-order valence-electron chi connectivity index (χ3n) is 7.47. The molecular formula is C22H30O4. The van der Waals surface area contributed by atoms with Crippen molar-refractivity contribution in [1.82, 2.24) is 0 Å². The van der Waals surface area contributed by atoms with Crippen LogP contribution in [0, 0.1) is 23.2 Å². The highest BCUT2D eigenvalue weighted by Gasteiger charge is 2.57. The van der Waals surface area contributed by atoms with Crippen LogP contribution in [0.15, 0.2) is 18.2 Å². The first-order valence-electron chi connectivity index (χ1n) is 10.1. The zero-order chi connectivity index (χ0) is 18.5. The number of phenols is 1. The number of carbonyl (C=O) groups excluding carboxylic acids is 1. The highest BCUT2D eigenvalue weighted by Crippen LogP contribution is 2.62. The molecule has 3 aliphatic rings. The molecule has 3 unspecified atom stereocenters. The number of rotatable bonds is 2. The lowest BCUT2D eigenvalue weighted by molar-refractivity contribution is -0.0608. The topological polar surface area (TPSA) is 55.8 Å². The SMILES string of the molecule is CCOC(=O)O[C@H]1CCC2C3C(CC[C@@]21C)c1ccc(O)cc1C[C@@H]3C. The summed E-state index contributed by atoms with van der Waals surface area (Å²) in [5.74, 6) is 2.73. The number of aromatic hydroxyl groups is 1. The van der Waals surface area contributed by atoms with Crippen LogP contribution in [-0.2, 0) is 15.9 Å². The predicted molar refractivity (Wildman–Crippen MR) is 99.2 cm³/mol. The summed E-state index contributed by atoms with van der Waals surface area (Å²) in [7, 11) is 0. The average molecular weight is 358 g/mol. The number of hydrogen-bond acceptors (Lipinski definition) is 4. The van der Waals surface area contributed by atoms with Gasteiger partial charge in [0, 0.05) is 5.41 Å². The summed E-state index contributed by atoms with van der Waals surface area (Å²) in [6.45, 7) is 6.85. The molecule has 0 saturated heterocycles. The molecule has 0 aromatic heterocycles. The molecule has 1 aromatic rings. The number of fused-ring (bicyclic) bond motifs is 5. The number of phenolic OH excluding ortho intramolecular Hbond substituents is 1. The van der Waals surface area contributed by atoms with Crippen LogP contribution >= 0.6 is 0 Å². The van der Waals surface area contributed by atoms with E-state index in [0.717, 1.165) is 32.1 Å². The van der Waals surface area contributed by atoms with Gasteiger partial charge in [-0.15, -0.1) is 0 Å². The maximum Gasteiger partial charge on any atom is 0.508 e. The summed E-state index contributed by atoms with van der Waals surface area (Å²) in [6, 6.07) is 5.93. The lowest BCUT2D eigenvalue weighted by Crippen LogP contribution is -2.47. The van der Waals surface area contributed by atoms with Crippen LogP contribution in [0.3, 0.4) is 0 Å². The van der Waals surface area contributed by atoms with Gasteiger partial charge in [0.05, 0.1) is 6.61 Å². The van der Waals surface area contributed by atoms with E-state index in [1.807, 2.05) is 19.1 Å². The lowest BCUT2D eigenvalue weighted by atomic mass is 9.53. The molecule has 0 bridgehead atoms. The Hall–Kier alpha value is -1.71. The fraction of sp³-hybridized carbons (Fsp3) is 0.682. The molecule has 26 heavy (non-hydrogen) atoms. The molecule has 1 N–H and O–H groups in total. The van der Waals surface area contributed by atoms with E-state index in [0.29, 0.717) is 36.0 Å². The van der Waals surface area contributed by atoms with Crippen molar-refractivity contribution in [3.8, 4) is 5.75 Å². The number of hydrogen-bond donors (Lipinski definition) is 1. The second kappa shape index (κ2) is 6.47. The minimum absolute atomic E-state index is 0.0269. The average Bonchev–Trinajstić information content (AvgIpc) is 2.91. The summed E-state index contributed by atoms with van der Waals surface area (Å²) in [4.78, 5) is 11.9. The molecule has 2 saturated carbocycles. The minimum atomic E-state index is -0.515. The Morgan fingerprint density at radius 1 is 1.31 bits per heavy atom. The first-order valence-corrected chi connectivity index (χ1v) is 10.1. The summed E-state index contributed by atoms with van der Waals surface area (Å²) in [6.07, 6.45) is 4.76. The van der Waals surface area contributed by atoms with Crippen molar-refractivity contribution < 1.29 is 19.4 Å². The molecule has 6 atom stereocenters. The maximum atomic E-state index is 11.9. The standard InChI is InChI=1S/C22H30O4/c1-4-25-21(24)26-19-8-7-18-20-13(2)11-14-12-15(23)5-6-16(14)17(20)9-10-22(18,19)3/h5-6,12-13,17-20,23H,4,7-11H2,1-3H3/t13-,17?,18?,19-,20?,22-/m0/s1. The normalized spacial score (nSPS) is 38.0. The highest BCUT2D eigenvalue weighted by molar-refractivity contribution is 5.60. The second-order valence-electron chi connectivity index (χ2n) is 8.77. The van der Waals surface area contributed by atoms with E-state index >= 15 is 0 Å². The van der Waals surface area contributed by atoms with Crippen molar-refractivity contribution in [3.05, 3.63) is 29.3 Å². The smallest absolute Gasteiger partial charge is 0.508 e. The van der Waals surface area contributed by atoms with Gasteiger partial charge >= 0.3 is 6.16 Å². The van der Waals surface area contributed by atoms with Crippen LogP contribution in [0.1, 0.15) is 63.5 Å². The minimum Gasteiger partial charge on any atom is -0.508 e. The van der Waals surface area contributed by atoms with E-state index in [-0.39, 0.29) is 11.5 Å². The lowest BCUT2D eigenvalue weighted by Gasteiger charge is -2.52. The first kappa shape index (κ1) is 17.7. The van der Waals surface area contributed by atoms with Crippen LogP contribution < -0.4 is 0 Å². The van der Waals surface area contributed by atoms with Crippen molar-refractivity contribution >= 4 is 6.16 Å². The fourth-order valence-electron chi connectivity index (χ4n) is 6.38. The van der Waals surface area contributed by atoms with Crippen LogP contribution in [0.2, 0.25) is 0 Å². The Labute approximate surface area is 155 Å². The number of carbonyl (C=O) groups is 1. The van der Waals surface area contributed by atoms with E-state index in [1.54, 1.807) is 0 Å². The molecule has 0 radical (unpaired) electrons. The van der Waals surface area contributed by atoms with Gasteiger partial charge in [0.15, 0.2) is 0 Å². The van der Waals surface area contributed by atoms with Gasteiger partial charge in [-0.2, -0.15) is 0 Å². The van der Waals surface area contributed by atoms with Crippen molar-refractivity contribution in [2.45, 2.75) is 64.9 Å². The Kier molecular flexibility index (Phi) is 4.40. The van der Waals surface area contributed by atoms with E-state index in [1.165, 1.54) is 11.1 Å². The van der Waals surface area contributed by atoms with Gasteiger partial charge in [-0.05, 0) is 86.0 Å². The highest BCUT2D eigenvalue weighted by atomic mass is 16.7. The fourth-order valence-corrected chi connectivity index (χ4v) is 6.38. The maximum absolute atomic E-state index is 11.9. The molecule has 142 valence electrons. The van der Waals surface area contributed by atoms with Gasteiger partial charge in [-0.3, -0.25) is 0 Å². The molecule has 4 nitrogen and oxygen atoms in total. The zero-order valence-electron chi connectivity index (χ0n) is 16.0. The van der Waals surface area contributed by atoms with Crippen molar-refractivity contribution in [2.75, 3.05) is 6.61 Å². The zero-order valence-corrected chi connectivity index (χ0v) is 16.0. The predicted octanol–water partition coefficient (Wildman–Crippen LogP) is 5.04. The molecule has 1 aromatic carbocycles. The molecule has 4 heteroatoms. The monoisotopic (exact) mass is 358 g/mol. The van der Waals surface area contributed by atoms with E-state index in [4.69, 9.17) is 9.47 Å². The molecule has 0 heterocycles. The molecular weight excluding hydrogens is 328 g/mol. The quantitative estimate of drug-likeness (QED) is 0.753. The second-order valence-corrected chi connectivity index (χ2v) is 8.77.